The Bertz CT molecular complexity index is 524. The first-order valence-electron chi connectivity index (χ1n) is 5.17. The van der Waals surface area contributed by atoms with Crippen LogP contribution in [0.25, 0.3) is 0 Å². The molecule has 2 heterocycles. The third-order valence-electron chi connectivity index (χ3n) is 2.93. The summed E-state index contributed by atoms with van der Waals surface area (Å²) >= 11 is 6.21. The van der Waals surface area contributed by atoms with Crippen molar-refractivity contribution < 1.29 is 0 Å². The molecule has 5 heteroatoms. The van der Waals surface area contributed by atoms with Gasteiger partial charge in [0, 0.05) is 12.7 Å². The molecule has 0 atom stereocenters. The van der Waals surface area contributed by atoms with E-state index in [2.05, 4.69) is 21.6 Å². The van der Waals surface area contributed by atoms with Gasteiger partial charge in [0.25, 0.3) is 0 Å². The van der Waals surface area contributed by atoms with Crippen molar-refractivity contribution in [1.29, 1.82) is 0 Å². The van der Waals surface area contributed by atoms with Crippen molar-refractivity contribution in [2.75, 3.05) is 0 Å². The topological polar surface area (TPSA) is 35.6 Å². The quantitative estimate of drug-likeness (QED) is 0.805. The summed E-state index contributed by atoms with van der Waals surface area (Å²) in [4.78, 5) is 4.27. The van der Waals surface area contributed by atoms with Crippen LogP contribution in [0.3, 0.4) is 0 Å². The van der Waals surface area contributed by atoms with E-state index in [1.807, 2.05) is 31.9 Å². The molecule has 2 rings (SSSR count). The highest BCUT2D eigenvalue weighted by atomic mass is 35.5. The second-order valence-electron chi connectivity index (χ2n) is 4.01. The van der Waals surface area contributed by atoms with E-state index in [1.54, 1.807) is 0 Å². The molecule has 0 aliphatic carbocycles. The smallest absolute Gasteiger partial charge is 0.0955 e. The number of aromatic nitrogens is 4. The zero-order chi connectivity index (χ0) is 11.9. The van der Waals surface area contributed by atoms with Crippen molar-refractivity contribution in [1.82, 2.24) is 19.3 Å². The zero-order valence-corrected chi connectivity index (χ0v) is 10.7. The highest BCUT2D eigenvalue weighted by Crippen LogP contribution is 2.21. The van der Waals surface area contributed by atoms with E-state index in [4.69, 9.17) is 11.6 Å². The number of rotatable bonds is 2. The Morgan fingerprint density at radius 1 is 1.25 bits per heavy atom. The highest BCUT2D eigenvalue weighted by molar-refractivity contribution is 6.31. The molecule has 0 unspecified atom stereocenters. The number of halogens is 1. The Morgan fingerprint density at radius 2 is 1.94 bits per heavy atom. The first kappa shape index (κ1) is 11.2. The number of aryl methyl sites for hydroxylation is 3. The molecule has 0 fully saturated rings. The van der Waals surface area contributed by atoms with Crippen LogP contribution >= 0.6 is 11.6 Å². The minimum Gasteiger partial charge on any atom is -0.329 e. The molecule has 86 valence electrons. The molecule has 0 spiro atoms. The summed E-state index contributed by atoms with van der Waals surface area (Å²) in [5.74, 6) is 0. The fourth-order valence-corrected chi connectivity index (χ4v) is 1.94. The van der Waals surface area contributed by atoms with Crippen molar-refractivity contribution in [3.63, 3.8) is 0 Å². The minimum absolute atomic E-state index is 0.711. The van der Waals surface area contributed by atoms with Gasteiger partial charge in [0.2, 0.25) is 0 Å². The normalized spacial score (nSPS) is 11.1. The molecular formula is C11H15ClN4. The van der Waals surface area contributed by atoms with E-state index in [0.717, 1.165) is 27.8 Å². The summed E-state index contributed by atoms with van der Waals surface area (Å²) in [5.41, 5.74) is 4.10. The van der Waals surface area contributed by atoms with Gasteiger partial charge in [-0.25, -0.2) is 4.98 Å². The highest BCUT2D eigenvalue weighted by Gasteiger charge is 2.12. The van der Waals surface area contributed by atoms with Crippen LogP contribution in [-0.2, 0) is 13.6 Å². The molecule has 0 N–H and O–H groups in total. The lowest BCUT2D eigenvalue weighted by Crippen LogP contribution is -2.06. The monoisotopic (exact) mass is 238 g/mol. The fraction of sp³-hybridized carbons (Fsp3) is 0.455. The van der Waals surface area contributed by atoms with Crippen LogP contribution in [0.15, 0.2) is 6.33 Å². The van der Waals surface area contributed by atoms with Crippen LogP contribution < -0.4 is 0 Å². The summed E-state index contributed by atoms with van der Waals surface area (Å²) in [5, 5.41) is 5.04. The summed E-state index contributed by atoms with van der Waals surface area (Å²) in [7, 11) is 1.91. The lowest BCUT2D eigenvalue weighted by molar-refractivity contribution is 0.655. The number of imidazole rings is 1. The van der Waals surface area contributed by atoms with Gasteiger partial charge < -0.3 is 4.57 Å². The van der Waals surface area contributed by atoms with Crippen LogP contribution in [0.1, 0.15) is 22.8 Å². The lowest BCUT2D eigenvalue weighted by Gasteiger charge is -2.06. The van der Waals surface area contributed by atoms with Crippen molar-refractivity contribution in [3.8, 4) is 0 Å². The third-order valence-corrected chi connectivity index (χ3v) is 3.42. The Hall–Kier alpha value is -1.29. The van der Waals surface area contributed by atoms with Gasteiger partial charge in [-0.1, -0.05) is 11.6 Å². The SMILES string of the molecule is Cc1nn(C)c(Cn2cnc(C)c2C)c1Cl. The Labute approximate surface area is 99.9 Å². The summed E-state index contributed by atoms with van der Waals surface area (Å²) in [6.45, 7) is 6.68. The Morgan fingerprint density at radius 3 is 2.38 bits per heavy atom. The second kappa shape index (κ2) is 3.94. The largest absolute Gasteiger partial charge is 0.329 e. The van der Waals surface area contributed by atoms with Crippen molar-refractivity contribution in [3.05, 3.63) is 34.1 Å². The van der Waals surface area contributed by atoms with Crippen LogP contribution in [0, 0.1) is 20.8 Å². The van der Waals surface area contributed by atoms with Gasteiger partial charge in [-0.15, -0.1) is 0 Å². The molecular weight excluding hydrogens is 224 g/mol. The number of hydrogen-bond donors (Lipinski definition) is 0. The van der Waals surface area contributed by atoms with Gasteiger partial charge in [0.05, 0.1) is 35.0 Å². The van der Waals surface area contributed by atoms with Gasteiger partial charge in [0.1, 0.15) is 0 Å². The number of hydrogen-bond acceptors (Lipinski definition) is 2. The number of nitrogens with zero attached hydrogens (tertiary/aromatic N) is 4. The van der Waals surface area contributed by atoms with Crippen molar-refractivity contribution in [2.24, 2.45) is 7.05 Å². The molecule has 0 aromatic carbocycles. The third kappa shape index (κ3) is 1.73. The summed E-state index contributed by atoms with van der Waals surface area (Å²) in [6, 6.07) is 0. The molecule has 0 aliphatic rings. The van der Waals surface area contributed by atoms with Crippen LogP contribution in [-0.4, -0.2) is 19.3 Å². The lowest BCUT2D eigenvalue weighted by atomic mass is 10.3. The molecule has 0 bridgehead atoms. The maximum atomic E-state index is 6.21. The van der Waals surface area contributed by atoms with E-state index in [1.165, 1.54) is 0 Å². The minimum atomic E-state index is 0.711. The van der Waals surface area contributed by atoms with E-state index in [0.29, 0.717) is 6.54 Å². The molecule has 0 saturated carbocycles. The van der Waals surface area contributed by atoms with Gasteiger partial charge in [-0.3, -0.25) is 4.68 Å². The molecule has 0 amide bonds. The molecule has 2 aromatic rings. The maximum absolute atomic E-state index is 6.21. The predicted octanol–water partition coefficient (Wildman–Crippen LogP) is 2.24. The van der Waals surface area contributed by atoms with E-state index >= 15 is 0 Å². The van der Waals surface area contributed by atoms with Gasteiger partial charge in [-0.05, 0) is 20.8 Å². The molecule has 4 nitrogen and oxygen atoms in total. The average Bonchev–Trinajstić information content (AvgIpc) is 2.66. The standard InChI is InChI=1S/C11H15ClN4/c1-7-9(3)16(6-13-7)5-10-11(12)8(2)14-15(10)4/h6H,5H2,1-4H3. The van der Waals surface area contributed by atoms with Crippen molar-refractivity contribution >= 4 is 11.6 Å². The Kier molecular flexibility index (Phi) is 2.76. The van der Waals surface area contributed by atoms with Crippen LogP contribution in [0.2, 0.25) is 5.02 Å². The van der Waals surface area contributed by atoms with Crippen LogP contribution in [0.4, 0.5) is 0 Å². The molecule has 2 aromatic heterocycles. The average molecular weight is 239 g/mol. The summed E-state index contributed by atoms with van der Waals surface area (Å²) < 4.78 is 3.91. The second-order valence-corrected chi connectivity index (χ2v) is 4.39. The zero-order valence-electron chi connectivity index (χ0n) is 9.95. The van der Waals surface area contributed by atoms with E-state index < -0.39 is 0 Å². The van der Waals surface area contributed by atoms with E-state index in [-0.39, 0.29) is 0 Å². The predicted molar refractivity (Wildman–Crippen MR) is 63.8 cm³/mol. The van der Waals surface area contributed by atoms with Gasteiger partial charge >= 0.3 is 0 Å². The Balaban J connectivity index is 2.37. The molecule has 0 radical (unpaired) electrons. The van der Waals surface area contributed by atoms with Crippen molar-refractivity contribution in [2.45, 2.75) is 27.3 Å². The maximum Gasteiger partial charge on any atom is 0.0955 e. The molecule has 0 aliphatic heterocycles. The van der Waals surface area contributed by atoms with E-state index in [9.17, 15) is 0 Å². The van der Waals surface area contributed by atoms with Gasteiger partial charge in [0.15, 0.2) is 0 Å². The first-order valence-corrected chi connectivity index (χ1v) is 5.54. The first-order chi connectivity index (χ1) is 7.50. The fourth-order valence-electron chi connectivity index (χ4n) is 1.72. The van der Waals surface area contributed by atoms with Gasteiger partial charge in [-0.2, -0.15) is 5.10 Å². The summed E-state index contributed by atoms with van der Waals surface area (Å²) in [6.07, 6.45) is 1.84. The molecule has 0 saturated heterocycles. The van der Waals surface area contributed by atoms with Crippen LogP contribution in [0.5, 0.6) is 0 Å². The molecule has 16 heavy (non-hydrogen) atoms.